The van der Waals surface area contributed by atoms with Gasteiger partial charge in [-0.15, -0.1) is 0 Å². The van der Waals surface area contributed by atoms with Crippen LogP contribution in [-0.4, -0.2) is 11.1 Å². The lowest BCUT2D eigenvalue weighted by atomic mass is 10.1. The van der Waals surface area contributed by atoms with E-state index in [9.17, 15) is 9.59 Å². The van der Waals surface area contributed by atoms with Gasteiger partial charge in [0.05, 0.1) is 10.9 Å². The Morgan fingerprint density at radius 2 is 2.07 bits per heavy atom. The molecule has 15 heavy (non-hydrogen) atoms. The average molecular weight is 204 g/mol. The lowest BCUT2D eigenvalue weighted by Gasteiger charge is -1.99. The van der Waals surface area contributed by atoms with Crippen LogP contribution in [0.5, 0.6) is 0 Å². The van der Waals surface area contributed by atoms with Gasteiger partial charge in [-0.1, -0.05) is 0 Å². The van der Waals surface area contributed by atoms with Crippen molar-refractivity contribution in [2.75, 3.05) is 0 Å². The van der Waals surface area contributed by atoms with Crippen LogP contribution in [0.1, 0.15) is 16.1 Å². The third kappa shape index (κ3) is 1.61. The van der Waals surface area contributed by atoms with Gasteiger partial charge >= 0.3 is 5.97 Å². The van der Waals surface area contributed by atoms with E-state index < -0.39 is 5.97 Å². The van der Waals surface area contributed by atoms with Gasteiger partial charge in [-0.25, -0.2) is 4.79 Å². The molecule has 1 aromatic carbocycles. The van der Waals surface area contributed by atoms with Crippen LogP contribution < -0.4 is 5.43 Å². The Morgan fingerprint density at radius 1 is 1.33 bits per heavy atom. The molecule has 0 unspecified atom stereocenters. The summed E-state index contributed by atoms with van der Waals surface area (Å²) in [6.07, 6.45) is 0. The molecule has 0 bridgehead atoms. The Labute approximate surface area is 84.8 Å². The minimum Gasteiger partial charge on any atom is -0.478 e. The molecule has 0 amide bonds. The lowest BCUT2D eigenvalue weighted by Crippen LogP contribution is -2.02. The Bertz CT molecular complexity index is 595. The number of benzene rings is 1. The quantitative estimate of drug-likeness (QED) is 0.769. The van der Waals surface area contributed by atoms with E-state index in [1.165, 1.54) is 24.3 Å². The molecule has 0 saturated heterocycles. The van der Waals surface area contributed by atoms with E-state index in [2.05, 4.69) is 0 Å². The van der Waals surface area contributed by atoms with E-state index >= 15 is 0 Å². The summed E-state index contributed by atoms with van der Waals surface area (Å²) in [6.45, 7) is 1.65. The summed E-state index contributed by atoms with van der Waals surface area (Å²) in [7, 11) is 0. The van der Waals surface area contributed by atoms with Crippen LogP contribution in [-0.2, 0) is 0 Å². The molecule has 0 fully saturated rings. The number of carboxylic acid groups (broad SMARTS) is 1. The number of fused-ring (bicyclic) bond motifs is 1. The van der Waals surface area contributed by atoms with E-state index in [4.69, 9.17) is 9.52 Å². The second-order valence-electron chi connectivity index (χ2n) is 3.24. The molecule has 0 aliphatic rings. The van der Waals surface area contributed by atoms with Gasteiger partial charge in [0.2, 0.25) is 0 Å². The highest BCUT2D eigenvalue weighted by Gasteiger charge is 2.07. The van der Waals surface area contributed by atoms with Crippen molar-refractivity contribution < 1.29 is 14.3 Å². The number of hydrogen-bond acceptors (Lipinski definition) is 3. The summed E-state index contributed by atoms with van der Waals surface area (Å²) >= 11 is 0. The molecular formula is C11H8O4. The summed E-state index contributed by atoms with van der Waals surface area (Å²) in [5, 5.41) is 9.16. The van der Waals surface area contributed by atoms with Crippen molar-refractivity contribution in [1.29, 1.82) is 0 Å². The first kappa shape index (κ1) is 9.45. The fraction of sp³-hybridized carbons (Fsp3) is 0.0909. The van der Waals surface area contributed by atoms with Gasteiger partial charge in [-0.05, 0) is 25.1 Å². The van der Waals surface area contributed by atoms with Gasteiger partial charge in [0.15, 0.2) is 5.43 Å². The van der Waals surface area contributed by atoms with Gasteiger partial charge < -0.3 is 9.52 Å². The number of aromatic carboxylic acids is 1. The molecule has 76 valence electrons. The van der Waals surface area contributed by atoms with Crippen LogP contribution >= 0.6 is 0 Å². The molecule has 0 aliphatic heterocycles. The van der Waals surface area contributed by atoms with E-state index in [0.29, 0.717) is 16.7 Å². The monoisotopic (exact) mass is 204 g/mol. The zero-order valence-corrected chi connectivity index (χ0v) is 7.98. The second-order valence-corrected chi connectivity index (χ2v) is 3.24. The van der Waals surface area contributed by atoms with Gasteiger partial charge in [-0.3, -0.25) is 4.79 Å². The van der Waals surface area contributed by atoms with Crippen LogP contribution in [0.3, 0.4) is 0 Å². The third-order valence-electron chi connectivity index (χ3n) is 2.10. The minimum absolute atomic E-state index is 0.108. The minimum atomic E-state index is -1.04. The zero-order chi connectivity index (χ0) is 11.0. The smallest absolute Gasteiger partial charge is 0.335 e. The number of aryl methyl sites for hydroxylation is 1. The predicted octanol–water partition coefficient (Wildman–Crippen LogP) is 1.80. The van der Waals surface area contributed by atoms with Crippen LogP contribution in [0.4, 0.5) is 0 Å². The van der Waals surface area contributed by atoms with Crippen LogP contribution in [0.15, 0.2) is 33.5 Å². The van der Waals surface area contributed by atoms with E-state index in [1.807, 2.05) is 0 Å². The van der Waals surface area contributed by atoms with Gasteiger partial charge in [-0.2, -0.15) is 0 Å². The first-order valence-electron chi connectivity index (χ1n) is 4.36. The molecule has 0 spiro atoms. The summed E-state index contributed by atoms with van der Waals surface area (Å²) in [5.41, 5.74) is 0.252. The second kappa shape index (κ2) is 3.24. The number of carbonyl (C=O) groups is 1. The average Bonchev–Trinajstić information content (AvgIpc) is 2.16. The van der Waals surface area contributed by atoms with Crippen molar-refractivity contribution in [1.82, 2.24) is 0 Å². The van der Waals surface area contributed by atoms with Crippen molar-refractivity contribution in [3.63, 3.8) is 0 Å². The Kier molecular flexibility index (Phi) is 2.04. The zero-order valence-electron chi connectivity index (χ0n) is 7.98. The molecule has 0 aliphatic carbocycles. The lowest BCUT2D eigenvalue weighted by molar-refractivity contribution is 0.0697. The number of hydrogen-bond donors (Lipinski definition) is 1. The van der Waals surface area contributed by atoms with Crippen molar-refractivity contribution >= 4 is 16.9 Å². The van der Waals surface area contributed by atoms with Crippen molar-refractivity contribution in [3.8, 4) is 0 Å². The Balaban J connectivity index is 2.82. The molecule has 2 aromatic rings. The van der Waals surface area contributed by atoms with Gasteiger partial charge in [0.1, 0.15) is 11.3 Å². The molecule has 4 nitrogen and oxygen atoms in total. The van der Waals surface area contributed by atoms with Crippen LogP contribution in [0, 0.1) is 6.92 Å². The van der Waals surface area contributed by atoms with Crippen molar-refractivity contribution in [2.24, 2.45) is 0 Å². The first-order chi connectivity index (χ1) is 7.08. The molecule has 1 heterocycles. The first-order valence-corrected chi connectivity index (χ1v) is 4.36. The predicted molar refractivity (Wildman–Crippen MR) is 54.2 cm³/mol. The van der Waals surface area contributed by atoms with Crippen LogP contribution in [0.2, 0.25) is 0 Å². The standard InChI is InChI=1S/C11H8O4/c1-6-4-9(12)8-3-2-7(11(13)14)5-10(8)15-6/h2-5H,1H3,(H,13,14). The summed E-state index contributed by atoms with van der Waals surface area (Å²) < 4.78 is 5.27. The van der Waals surface area contributed by atoms with Crippen molar-refractivity contribution in [3.05, 3.63) is 45.8 Å². The fourth-order valence-corrected chi connectivity index (χ4v) is 1.41. The largest absolute Gasteiger partial charge is 0.478 e. The molecule has 1 aromatic heterocycles. The molecule has 2 rings (SSSR count). The van der Waals surface area contributed by atoms with E-state index in [1.54, 1.807) is 6.92 Å². The van der Waals surface area contributed by atoms with Crippen molar-refractivity contribution in [2.45, 2.75) is 6.92 Å². The fourth-order valence-electron chi connectivity index (χ4n) is 1.41. The summed E-state index contributed by atoms with van der Waals surface area (Å²) in [5.74, 6) is -0.573. The highest BCUT2D eigenvalue weighted by molar-refractivity contribution is 5.92. The molecule has 0 atom stereocenters. The molecule has 1 N–H and O–H groups in total. The SMILES string of the molecule is Cc1cc(=O)c2ccc(C(=O)O)cc2o1. The third-order valence-corrected chi connectivity index (χ3v) is 2.10. The Morgan fingerprint density at radius 3 is 2.73 bits per heavy atom. The molecule has 4 heteroatoms. The van der Waals surface area contributed by atoms with E-state index in [0.717, 1.165) is 0 Å². The molecular weight excluding hydrogens is 196 g/mol. The summed E-state index contributed by atoms with van der Waals surface area (Å²) in [4.78, 5) is 22.2. The van der Waals surface area contributed by atoms with Gasteiger partial charge in [0, 0.05) is 6.07 Å². The topological polar surface area (TPSA) is 67.5 Å². The highest BCUT2D eigenvalue weighted by Crippen LogP contribution is 2.14. The maximum absolute atomic E-state index is 11.5. The number of carboxylic acids is 1. The molecule has 0 saturated carbocycles. The number of rotatable bonds is 1. The van der Waals surface area contributed by atoms with Crippen LogP contribution in [0.25, 0.3) is 11.0 Å². The summed E-state index contributed by atoms with van der Waals surface area (Å²) in [6, 6.07) is 5.58. The normalized spacial score (nSPS) is 10.5. The van der Waals surface area contributed by atoms with E-state index in [-0.39, 0.29) is 11.0 Å². The highest BCUT2D eigenvalue weighted by atomic mass is 16.4. The maximum atomic E-state index is 11.5. The maximum Gasteiger partial charge on any atom is 0.335 e. The molecule has 0 radical (unpaired) electrons. The Hall–Kier alpha value is -2.10. The van der Waals surface area contributed by atoms with Gasteiger partial charge in [0.25, 0.3) is 0 Å².